The van der Waals surface area contributed by atoms with Gasteiger partial charge in [-0.1, -0.05) is 101 Å². The van der Waals surface area contributed by atoms with Gasteiger partial charge >= 0.3 is 19.1 Å². The summed E-state index contributed by atoms with van der Waals surface area (Å²) in [5, 5.41) is 19.2. The van der Waals surface area contributed by atoms with E-state index in [1.807, 2.05) is 33.7 Å². The lowest BCUT2D eigenvalue weighted by atomic mass is 9.80. The Morgan fingerprint density at radius 3 is 1.91 bits per heavy atom. The first-order valence-electron chi connectivity index (χ1n) is 17.1. The second-order valence-corrected chi connectivity index (χ2v) is 17.9. The first-order valence-corrected chi connectivity index (χ1v) is 22.0. The molecule has 1 aromatic rings. The highest BCUT2D eigenvalue weighted by atomic mass is 33.1. The molecule has 2 rings (SSSR count). The predicted molar refractivity (Wildman–Crippen MR) is 200 cm³/mol. The molecule has 13 heteroatoms. The van der Waals surface area contributed by atoms with Crippen LogP contribution in [0.1, 0.15) is 77.7 Å². The van der Waals surface area contributed by atoms with E-state index in [4.69, 9.17) is 9.47 Å². The standard InChI is InChI=1S/C33H58BN2O6S4/c1-4-5-24-43-45-26-22-41-32(37)14-19-36(21-18-35-16-6-7-17-35,28-30-10-12-31(13-11-30)34(39)40)20-15-33(38)42-23-27-46-44-25-8-9-29(2)3/h10-13,29,39-40H,4-9,14-28H2,1-3H3/q+1. The summed E-state index contributed by atoms with van der Waals surface area (Å²) in [4.78, 5) is 28.3. The van der Waals surface area contributed by atoms with Gasteiger partial charge in [0.2, 0.25) is 0 Å². The zero-order chi connectivity index (χ0) is 33.5. The molecular weight excluding hydrogens is 659 g/mol. The average molecular weight is 718 g/mol. The Morgan fingerprint density at radius 1 is 0.848 bits per heavy atom. The largest absolute Gasteiger partial charge is 0.488 e. The van der Waals surface area contributed by atoms with Crippen molar-refractivity contribution in [2.24, 2.45) is 5.92 Å². The smallest absolute Gasteiger partial charge is 0.465 e. The summed E-state index contributed by atoms with van der Waals surface area (Å²) >= 11 is 0. The molecule has 0 aliphatic carbocycles. The molecule has 2 N–H and O–H groups in total. The number of hydrogen-bond donors (Lipinski definition) is 2. The summed E-state index contributed by atoms with van der Waals surface area (Å²) in [6.07, 6.45) is 7.79. The van der Waals surface area contributed by atoms with Gasteiger partial charge in [-0.3, -0.25) is 14.5 Å². The van der Waals surface area contributed by atoms with Gasteiger partial charge in [0.15, 0.2) is 0 Å². The van der Waals surface area contributed by atoms with Gasteiger partial charge in [-0.2, -0.15) is 0 Å². The third-order valence-corrected chi connectivity index (χ3v) is 13.0. The number of likely N-dealkylation sites (tertiary alicyclic amines) is 1. The minimum atomic E-state index is -1.52. The van der Waals surface area contributed by atoms with E-state index in [0.29, 0.717) is 42.8 Å². The molecule has 1 aliphatic rings. The number of benzene rings is 1. The van der Waals surface area contributed by atoms with Crippen molar-refractivity contribution in [3.05, 3.63) is 29.8 Å². The number of carbonyl (C=O) groups is 2. The van der Waals surface area contributed by atoms with Crippen LogP contribution < -0.4 is 5.46 Å². The third kappa shape index (κ3) is 19.5. The topological polar surface area (TPSA) is 96.3 Å². The monoisotopic (exact) mass is 717 g/mol. The second-order valence-electron chi connectivity index (χ2n) is 12.5. The molecule has 0 bridgehead atoms. The number of ether oxygens (including phenoxy) is 2. The van der Waals surface area contributed by atoms with Crippen LogP contribution in [0, 0.1) is 5.92 Å². The molecular formula is C33H58BN2O6S4+. The Hall–Kier alpha value is -0.535. The van der Waals surface area contributed by atoms with Crippen molar-refractivity contribution in [3.8, 4) is 0 Å². The Labute approximate surface area is 294 Å². The maximum atomic E-state index is 12.9. The van der Waals surface area contributed by atoms with Crippen LogP contribution >= 0.6 is 43.2 Å². The third-order valence-electron chi connectivity index (χ3n) is 8.08. The fourth-order valence-electron chi connectivity index (χ4n) is 5.28. The highest BCUT2D eigenvalue weighted by Crippen LogP contribution is 2.24. The van der Waals surface area contributed by atoms with Gasteiger partial charge in [0.05, 0.1) is 32.5 Å². The van der Waals surface area contributed by atoms with Crippen LogP contribution in [-0.2, 0) is 25.6 Å². The summed E-state index contributed by atoms with van der Waals surface area (Å²) in [7, 11) is 5.67. The molecule has 0 amide bonds. The number of carbonyl (C=O) groups excluding carboxylic acids is 2. The molecule has 8 nitrogen and oxygen atoms in total. The maximum Gasteiger partial charge on any atom is 0.488 e. The lowest BCUT2D eigenvalue weighted by Crippen LogP contribution is -2.53. The van der Waals surface area contributed by atoms with Gasteiger partial charge in [0.25, 0.3) is 0 Å². The molecule has 1 saturated heterocycles. The number of rotatable bonds is 27. The fourth-order valence-corrected chi connectivity index (χ4v) is 9.28. The van der Waals surface area contributed by atoms with Crippen molar-refractivity contribution >= 4 is 67.7 Å². The van der Waals surface area contributed by atoms with Crippen molar-refractivity contribution in [2.75, 3.05) is 75.5 Å². The number of quaternary nitrogens is 1. The highest BCUT2D eigenvalue weighted by molar-refractivity contribution is 8.77. The Kier molecular flexibility index (Phi) is 23.0. The van der Waals surface area contributed by atoms with Gasteiger partial charge in [-0.25, -0.2) is 0 Å². The van der Waals surface area contributed by atoms with E-state index in [-0.39, 0.29) is 24.8 Å². The van der Waals surface area contributed by atoms with Crippen LogP contribution in [0.15, 0.2) is 24.3 Å². The van der Waals surface area contributed by atoms with Crippen LogP contribution in [0.4, 0.5) is 0 Å². The summed E-state index contributed by atoms with van der Waals surface area (Å²) in [6.45, 7) is 13.1. The maximum absolute atomic E-state index is 12.9. The zero-order valence-corrected chi connectivity index (χ0v) is 31.6. The van der Waals surface area contributed by atoms with Gasteiger partial charge in [0.1, 0.15) is 19.8 Å². The van der Waals surface area contributed by atoms with Crippen LogP contribution in [0.5, 0.6) is 0 Å². The van der Waals surface area contributed by atoms with E-state index in [9.17, 15) is 19.6 Å². The van der Waals surface area contributed by atoms with Crippen LogP contribution in [-0.4, -0.2) is 114 Å². The molecule has 262 valence electrons. The van der Waals surface area contributed by atoms with Gasteiger partial charge < -0.3 is 24.0 Å². The molecule has 1 atom stereocenters. The van der Waals surface area contributed by atoms with Crippen molar-refractivity contribution in [1.29, 1.82) is 0 Å². The quantitative estimate of drug-likeness (QED) is 0.0389. The SMILES string of the molecule is CCCCSSCCOC(=O)CC[N+](CCC(=O)OCCSSCCCC(C)C)(CCN1CCCC1)Cc1ccc(B(O)O)cc1. The summed E-state index contributed by atoms with van der Waals surface area (Å²) < 4.78 is 11.8. The number of esters is 2. The molecule has 0 radical (unpaired) electrons. The minimum absolute atomic E-state index is 0.201. The number of unbranched alkanes of at least 4 members (excludes halogenated alkanes) is 1. The van der Waals surface area contributed by atoms with E-state index in [0.717, 1.165) is 60.7 Å². The molecule has 1 aromatic carbocycles. The van der Waals surface area contributed by atoms with Gasteiger partial charge in [0, 0.05) is 35.1 Å². The van der Waals surface area contributed by atoms with E-state index in [1.165, 1.54) is 38.5 Å². The van der Waals surface area contributed by atoms with Crippen molar-refractivity contribution < 1.29 is 33.6 Å². The molecule has 0 spiro atoms. The fraction of sp³-hybridized carbons (Fsp3) is 0.758. The lowest BCUT2D eigenvalue weighted by molar-refractivity contribution is -0.939. The normalized spacial score (nSPS) is 14.8. The van der Waals surface area contributed by atoms with Gasteiger partial charge in [-0.05, 0) is 50.2 Å². The molecule has 0 saturated carbocycles. The van der Waals surface area contributed by atoms with Crippen molar-refractivity contribution in [1.82, 2.24) is 4.90 Å². The molecule has 46 heavy (non-hydrogen) atoms. The van der Waals surface area contributed by atoms with Crippen LogP contribution in [0.2, 0.25) is 0 Å². The summed E-state index contributed by atoms with van der Waals surface area (Å²) in [5.41, 5.74) is 1.46. The first kappa shape index (κ1) is 41.6. The first-order chi connectivity index (χ1) is 22.2. The average Bonchev–Trinajstić information content (AvgIpc) is 3.56. The molecule has 0 aromatic heterocycles. The summed E-state index contributed by atoms with van der Waals surface area (Å²) in [5.74, 6) is 4.11. The molecule has 1 heterocycles. The highest BCUT2D eigenvalue weighted by Gasteiger charge is 2.31. The molecule has 1 unspecified atom stereocenters. The van der Waals surface area contributed by atoms with Crippen molar-refractivity contribution in [3.63, 3.8) is 0 Å². The Balaban J connectivity index is 2.01. The van der Waals surface area contributed by atoms with E-state index in [1.54, 1.807) is 33.7 Å². The lowest BCUT2D eigenvalue weighted by Gasteiger charge is -2.40. The zero-order valence-electron chi connectivity index (χ0n) is 28.4. The Morgan fingerprint density at radius 2 is 1.39 bits per heavy atom. The van der Waals surface area contributed by atoms with Crippen molar-refractivity contribution in [2.45, 2.75) is 78.7 Å². The molecule has 1 fully saturated rings. The van der Waals surface area contributed by atoms with Crippen LogP contribution in [0.25, 0.3) is 0 Å². The van der Waals surface area contributed by atoms with Gasteiger partial charge in [-0.15, -0.1) is 0 Å². The van der Waals surface area contributed by atoms with E-state index in [2.05, 4.69) is 25.7 Å². The van der Waals surface area contributed by atoms with Crippen LogP contribution in [0.3, 0.4) is 0 Å². The number of nitrogens with zero attached hydrogens (tertiary/aromatic N) is 2. The number of hydrogen-bond acceptors (Lipinski definition) is 11. The van der Waals surface area contributed by atoms with E-state index >= 15 is 0 Å². The summed E-state index contributed by atoms with van der Waals surface area (Å²) in [6, 6.07) is 7.29. The van der Waals surface area contributed by atoms with E-state index < -0.39 is 7.12 Å². The predicted octanol–water partition coefficient (Wildman–Crippen LogP) is 5.64. The minimum Gasteiger partial charge on any atom is -0.465 e. The molecule has 1 aliphatic heterocycles. The Bertz CT molecular complexity index is 957. The second kappa shape index (κ2) is 25.4.